The zero-order chi connectivity index (χ0) is 16.7. The van der Waals surface area contributed by atoms with Crippen LogP contribution in [0.5, 0.6) is 5.75 Å². The van der Waals surface area contributed by atoms with Crippen LogP contribution in [0.4, 0.5) is 5.13 Å². The standard InChI is InChI=1S/C18H21N3O2S/c1-21-8-7-15-16(10-21)24-18(19-15)20-17(22)14-9-13(14)11-3-5-12(23-2)6-4-11/h3-6,13-14H,7-10H2,1-2H3,(H,19,20,22)/t13-,14-/m0/s1. The summed E-state index contributed by atoms with van der Waals surface area (Å²) < 4.78 is 5.18. The Labute approximate surface area is 145 Å². The molecule has 1 aromatic heterocycles. The Kier molecular flexibility index (Phi) is 4.02. The topological polar surface area (TPSA) is 54.5 Å². The molecule has 2 atom stereocenters. The van der Waals surface area contributed by atoms with Crippen LogP contribution in [-0.2, 0) is 17.8 Å². The maximum absolute atomic E-state index is 12.5. The first-order chi connectivity index (χ1) is 11.6. The molecular weight excluding hydrogens is 322 g/mol. The van der Waals surface area contributed by atoms with Crippen LogP contribution in [0.2, 0.25) is 0 Å². The Balaban J connectivity index is 1.39. The summed E-state index contributed by atoms with van der Waals surface area (Å²) in [5.74, 6) is 1.31. The molecule has 4 rings (SSSR count). The van der Waals surface area contributed by atoms with Crippen LogP contribution in [-0.4, -0.2) is 36.5 Å². The fourth-order valence-corrected chi connectivity index (χ4v) is 4.37. The molecule has 1 amide bonds. The van der Waals surface area contributed by atoms with Gasteiger partial charge in [-0.1, -0.05) is 12.1 Å². The monoisotopic (exact) mass is 343 g/mol. The first-order valence-corrected chi connectivity index (χ1v) is 9.07. The van der Waals surface area contributed by atoms with E-state index < -0.39 is 0 Å². The number of carbonyl (C=O) groups excluding carboxylic acids is 1. The number of anilines is 1. The number of rotatable bonds is 4. The lowest BCUT2D eigenvalue weighted by atomic mass is 10.1. The minimum Gasteiger partial charge on any atom is -0.497 e. The van der Waals surface area contributed by atoms with Gasteiger partial charge in [0.2, 0.25) is 5.91 Å². The lowest BCUT2D eigenvalue weighted by Gasteiger charge is -2.20. The second-order valence-corrected chi connectivity index (χ2v) is 7.67. The number of ether oxygens (including phenoxy) is 1. The summed E-state index contributed by atoms with van der Waals surface area (Å²) in [5, 5.41) is 3.77. The SMILES string of the molecule is COc1ccc([C@@H]2C[C@@H]2C(=O)Nc2nc3c(s2)CN(C)CC3)cc1. The molecule has 2 aromatic rings. The summed E-state index contributed by atoms with van der Waals surface area (Å²) in [4.78, 5) is 20.6. The van der Waals surface area contributed by atoms with Gasteiger partial charge in [-0.3, -0.25) is 4.79 Å². The van der Waals surface area contributed by atoms with Gasteiger partial charge in [0, 0.05) is 30.3 Å². The summed E-state index contributed by atoms with van der Waals surface area (Å²) in [6, 6.07) is 8.01. The highest BCUT2D eigenvalue weighted by atomic mass is 32.1. The molecule has 1 aromatic carbocycles. The fraction of sp³-hybridized carbons (Fsp3) is 0.444. The number of amides is 1. The van der Waals surface area contributed by atoms with Crippen LogP contribution in [0.1, 0.15) is 28.5 Å². The Bertz CT molecular complexity index is 756. The van der Waals surface area contributed by atoms with Gasteiger partial charge in [-0.25, -0.2) is 4.98 Å². The first kappa shape index (κ1) is 15.6. The molecule has 126 valence electrons. The third-order valence-corrected chi connectivity index (χ3v) is 5.82. The van der Waals surface area contributed by atoms with Crippen molar-refractivity contribution in [1.82, 2.24) is 9.88 Å². The normalized spacial score (nSPS) is 22.8. The molecule has 2 heterocycles. The van der Waals surface area contributed by atoms with Crippen molar-refractivity contribution in [2.45, 2.75) is 25.3 Å². The zero-order valence-corrected chi connectivity index (χ0v) is 14.7. The minimum absolute atomic E-state index is 0.0574. The first-order valence-electron chi connectivity index (χ1n) is 8.26. The second kappa shape index (κ2) is 6.18. The Hall–Kier alpha value is -1.92. The number of carbonyl (C=O) groups is 1. The summed E-state index contributed by atoms with van der Waals surface area (Å²) in [7, 11) is 3.78. The van der Waals surface area contributed by atoms with Crippen molar-refractivity contribution >= 4 is 22.4 Å². The van der Waals surface area contributed by atoms with Crippen LogP contribution < -0.4 is 10.1 Å². The van der Waals surface area contributed by atoms with E-state index in [0.717, 1.165) is 42.5 Å². The maximum atomic E-state index is 12.5. The maximum Gasteiger partial charge on any atom is 0.229 e. The summed E-state index contributed by atoms with van der Waals surface area (Å²) in [5.41, 5.74) is 2.35. The number of methoxy groups -OCH3 is 1. The van der Waals surface area contributed by atoms with Gasteiger partial charge in [0.1, 0.15) is 5.75 Å². The van der Waals surface area contributed by atoms with E-state index >= 15 is 0 Å². The lowest BCUT2D eigenvalue weighted by molar-refractivity contribution is -0.117. The third-order valence-electron chi connectivity index (χ3n) is 4.82. The fourth-order valence-electron chi connectivity index (χ4n) is 3.28. The van der Waals surface area contributed by atoms with Crippen molar-refractivity contribution in [2.24, 2.45) is 5.92 Å². The molecule has 0 spiro atoms. The van der Waals surface area contributed by atoms with Crippen LogP contribution in [0.25, 0.3) is 0 Å². The number of hydrogen-bond donors (Lipinski definition) is 1. The van der Waals surface area contributed by atoms with Crippen LogP contribution in [0.3, 0.4) is 0 Å². The Morgan fingerprint density at radius 2 is 2.17 bits per heavy atom. The van der Waals surface area contributed by atoms with Crippen molar-refractivity contribution in [3.63, 3.8) is 0 Å². The molecule has 2 aliphatic rings. The van der Waals surface area contributed by atoms with E-state index in [2.05, 4.69) is 34.4 Å². The van der Waals surface area contributed by atoms with E-state index in [1.165, 1.54) is 10.4 Å². The van der Waals surface area contributed by atoms with Crippen LogP contribution in [0.15, 0.2) is 24.3 Å². The van der Waals surface area contributed by atoms with Crippen molar-refractivity contribution in [3.05, 3.63) is 40.4 Å². The average Bonchev–Trinajstić information content (AvgIpc) is 3.29. The van der Waals surface area contributed by atoms with E-state index in [9.17, 15) is 4.79 Å². The number of nitrogens with zero attached hydrogens (tertiary/aromatic N) is 2. The quantitative estimate of drug-likeness (QED) is 0.927. The molecule has 24 heavy (non-hydrogen) atoms. The molecule has 0 unspecified atom stereocenters. The minimum atomic E-state index is 0.0574. The van der Waals surface area contributed by atoms with Crippen molar-refractivity contribution in [2.75, 3.05) is 26.0 Å². The molecule has 1 N–H and O–H groups in total. The highest BCUT2D eigenvalue weighted by molar-refractivity contribution is 7.15. The van der Waals surface area contributed by atoms with Crippen LogP contribution >= 0.6 is 11.3 Å². The molecule has 0 radical (unpaired) electrons. The molecule has 1 saturated carbocycles. The summed E-state index contributed by atoms with van der Waals surface area (Å²) in [6.07, 6.45) is 1.88. The number of likely N-dealkylation sites (N-methyl/N-ethyl adjacent to an activating group) is 1. The molecule has 1 aliphatic heterocycles. The van der Waals surface area contributed by atoms with Gasteiger partial charge in [0.15, 0.2) is 5.13 Å². The number of thiazole rings is 1. The van der Waals surface area contributed by atoms with Gasteiger partial charge in [0.05, 0.1) is 12.8 Å². The molecule has 1 fully saturated rings. The van der Waals surface area contributed by atoms with Gasteiger partial charge in [0.25, 0.3) is 0 Å². The van der Waals surface area contributed by atoms with Gasteiger partial charge >= 0.3 is 0 Å². The van der Waals surface area contributed by atoms with E-state index in [1.54, 1.807) is 18.4 Å². The van der Waals surface area contributed by atoms with E-state index in [0.29, 0.717) is 5.92 Å². The lowest BCUT2D eigenvalue weighted by Crippen LogP contribution is -2.25. The largest absolute Gasteiger partial charge is 0.497 e. The molecular formula is C18H21N3O2S. The highest BCUT2D eigenvalue weighted by Gasteiger charge is 2.44. The van der Waals surface area contributed by atoms with Gasteiger partial charge in [-0.05, 0) is 37.1 Å². The summed E-state index contributed by atoms with van der Waals surface area (Å²) in [6.45, 7) is 1.97. The average molecular weight is 343 g/mol. The number of benzene rings is 1. The number of nitrogens with one attached hydrogen (secondary N) is 1. The molecule has 6 heteroatoms. The molecule has 1 aliphatic carbocycles. The number of aromatic nitrogens is 1. The number of fused-ring (bicyclic) bond motifs is 1. The van der Waals surface area contributed by atoms with E-state index in [4.69, 9.17) is 4.74 Å². The predicted octanol–water partition coefficient (Wildman–Crippen LogP) is 2.88. The third kappa shape index (κ3) is 3.03. The zero-order valence-electron chi connectivity index (χ0n) is 13.9. The smallest absolute Gasteiger partial charge is 0.229 e. The number of hydrogen-bond acceptors (Lipinski definition) is 5. The summed E-state index contributed by atoms with van der Waals surface area (Å²) >= 11 is 1.61. The van der Waals surface area contributed by atoms with Crippen molar-refractivity contribution in [3.8, 4) is 5.75 Å². The van der Waals surface area contributed by atoms with Crippen molar-refractivity contribution in [1.29, 1.82) is 0 Å². The van der Waals surface area contributed by atoms with Gasteiger partial charge in [-0.2, -0.15) is 0 Å². The highest BCUT2D eigenvalue weighted by Crippen LogP contribution is 2.48. The van der Waals surface area contributed by atoms with E-state index in [1.807, 2.05) is 12.1 Å². The molecule has 5 nitrogen and oxygen atoms in total. The Morgan fingerprint density at radius 3 is 2.92 bits per heavy atom. The second-order valence-electron chi connectivity index (χ2n) is 6.59. The van der Waals surface area contributed by atoms with Gasteiger partial charge in [-0.15, -0.1) is 11.3 Å². The molecule has 0 bridgehead atoms. The predicted molar refractivity (Wildman–Crippen MR) is 94.6 cm³/mol. The molecule has 0 saturated heterocycles. The van der Waals surface area contributed by atoms with Gasteiger partial charge < -0.3 is 15.0 Å². The Morgan fingerprint density at radius 1 is 1.38 bits per heavy atom. The van der Waals surface area contributed by atoms with Crippen molar-refractivity contribution < 1.29 is 9.53 Å². The van der Waals surface area contributed by atoms with E-state index in [-0.39, 0.29) is 11.8 Å². The van der Waals surface area contributed by atoms with Crippen LogP contribution in [0, 0.1) is 5.92 Å².